The molecule has 1 N–H and O–H groups in total. The fourth-order valence-electron chi connectivity index (χ4n) is 3.86. The van der Waals surface area contributed by atoms with Crippen molar-refractivity contribution in [2.24, 2.45) is 0 Å². The minimum absolute atomic E-state index is 0.0219. The quantitative estimate of drug-likeness (QED) is 0.857. The summed E-state index contributed by atoms with van der Waals surface area (Å²) in [6.07, 6.45) is 12.0. The minimum Gasteiger partial charge on any atom is -0.351 e. The Morgan fingerprint density at radius 3 is 2.65 bits per heavy atom. The van der Waals surface area contributed by atoms with Crippen molar-refractivity contribution >= 4 is 15.7 Å². The topological polar surface area (TPSA) is 81.1 Å². The van der Waals surface area contributed by atoms with E-state index in [1.54, 1.807) is 12.5 Å². The monoisotopic (exact) mass is 339 g/mol. The summed E-state index contributed by atoms with van der Waals surface area (Å²) in [6, 6.07) is 0.304. The van der Waals surface area contributed by atoms with Gasteiger partial charge in [-0.3, -0.25) is 4.79 Å². The van der Waals surface area contributed by atoms with Crippen LogP contribution in [0.4, 0.5) is 0 Å². The van der Waals surface area contributed by atoms with Gasteiger partial charge in [0.2, 0.25) is 5.91 Å². The number of aromatic nitrogens is 2. The van der Waals surface area contributed by atoms with Gasteiger partial charge in [0.25, 0.3) is 0 Å². The second-order valence-electron chi connectivity index (χ2n) is 6.71. The van der Waals surface area contributed by atoms with Gasteiger partial charge in [-0.1, -0.05) is 12.8 Å². The average Bonchev–Trinajstić information content (AvgIpc) is 3.25. The van der Waals surface area contributed by atoms with Gasteiger partial charge in [-0.05, 0) is 32.1 Å². The smallest absolute Gasteiger partial charge is 0.221 e. The molecule has 2 fully saturated rings. The van der Waals surface area contributed by atoms with Gasteiger partial charge in [0, 0.05) is 24.9 Å². The third-order valence-electron chi connectivity index (χ3n) is 5.16. The van der Waals surface area contributed by atoms with Crippen LogP contribution in [0.1, 0.15) is 57.4 Å². The molecule has 1 heterocycles. The lowest BCUT2D eigenvalue weighted by atomic mass is 10.1. The first kappa shape index (κ1) is 16.5. The third kappa shape index (κ3) is 3.94. The van der Waals surface area contributed by atoms with Crippen molar-refractivity contribution in [3.63, 3.8) is 0 Å². The molecule has 0 saturated heterocycles. The van der Waals surface area contributed by atoms with Crippen molar-refractivity contribution in [3.05, 3.63) is 18.7 Å². The van der Waals surface area contributed by atoms with Gasteiger partial charge in [-0.15, -0.1) is 0 Å². The number of carbonyl (C=O) groups excluding carboxylic acids is 1. The number of hydrogen-bond donors (Lipinski definition) is 1. The molecule has 0 spiro atoms. The number of carbonyl (C=O) groups is 1. The van der Waals surface area contributed by atoms with Crippen LogP contribution in [0.15, 0.2) is 18.7 Å². The lowest BCUT2D eigenvalue weighted by molar-refractivity contribution is -0.121. The highest BCUT2D eigenvalue weighted by atomic mass is 32.2. The van der Waals surface area contributed by atoms with Crippen LogP contribution in [0.5, 0.6) is 0 Å². The number of amides is 1. The van der Waals surface area contributed by atoms with E-state index in [9.17, 15) is 13.2 Å². The molecule has 2 aliphatic rings. The molecule has 0 bridgehead atoms. The molecular formula is C16H25N3O3S. The molecule has 23 heavy (non-hydrogen) atoms. The summed E-state index contributed by atoms with van der Waals surface area (Å²) in [6.45, 7) is 0. The summed E-state index contributed by atoms with van der Waals surface area (Å²) in [4.78, 5) is 16.2. The molecule has 3 rings (SSSR count). The number of nitrogens with one attached hydrogen (secondary N) is 1. The van der Waals surface area contributed by atoms with Gasteiger partial charge < -0.3 is 9.88 Å². The van der Waals surface area contributed by atoms with Gasteiger partial charge in [0.05, 0.1) is 23.4 Å². The Balaban J connectivity index is 1.51. The van der Waals surface area contributed by atoms with Crippen LogP contribution in [0.3, 0.4) is 0 Å². The van der Waals surface area contributed by atoms with E-state index < -0.39 is 9.84 Å². The SMILES string of the molecule is O=C(CCS(=O)(=O)C1CCCC1)N[C@H]1CCC[C@@H]1n1ccnc1. The Bertz CT molecular complexity index is 621. The van der Waals surface area contributed by atoms with E-state index >= 15 is 0 Å². The van der Waals surface area contributed by atoms with E-state index in [0.717, 1.165) is 44.9 Å². The van der Waals surface area contributed by atoms with E-state index in [-0.39, 0.29) is 35.4 Å². The van der Waals surface area contributed by atoms with Crippen molar-refractivity contribution in [1.82, 2.24) is 14.9 Å². The molecule has 0 aromatic carbocycles. The van der Waals surface area contributed by atoms with E-state index in [1.165, 1.54) is 0 Å². The highest BCUT2D eigenvalue weighted by Gasteiger charge is 2.31. The second kappa shape index (κ2) is 7.03. The Morgan fingerprint density at radius 1 is 1.17 bits per heavy atom. The standard InChI is InChI=1S/C16H25N3O3S/c20-16(8-11-23(21,22)13-4-1-2-5-13)18-14-6-3-7-15(14)19-10-9-17-12-19/h9-10,12-15H,1-8,11H2,(H,18,20)/t14-,15-/m0/s1. The summed E-state index contributed by atoms with van der Waals surface area (Å²) in [7, 11) is -3.12. The van der Waals surface area contributed by atoms with Crippen LogP contribution in [-0.2, 0) is 14.6 Å². The molecule has 128 valence electrons. The molecule has 0 unspecified atom stereocenters. The van der Waals surface area contributed by atoms with Crippen LogP contribution in [-0.4, -0.2) is 40.9 Å². The number of rotatable bonds is 6. The molecule has 6 nitrogen and oxygen atoms in total. The van der Waals surface area contributed by atoms with Gasteiger partial charge in [-0.2, -0.15) is 0 Å². The predicted molar refractivity (Wildman–Crippen MR) is 87.7 cm³/mol. The van der Waals surface area contributed by atoms with Crippen LogP contribution in [0.2, 0.25) is 0 Å². The summed E-state index contributed by atoms with van der Waals surface area (Å²) < 4.78 is 26.5. The second-order valence-corrected chi connectivity index (χ2v) is 9.11. The zero-order chi connectivity index (χ0) is 16.3. The first-order valence-corrected chi connectivity index (χ1v) is 10.3. The Kier molecular flexibility index (Phi) is 5.04. The maximum atomic E-state index is 12.2. The van der Waals surface area contributed by atoms with Gasteiger partial charge in [-0.25, -0.2) is 13.4 Å². The molecule has 0 radical (unpaired) electrons. The van der Waals surface area contributed by atoms with Crippen molar-refractivity contribution < 1.29 is 13.2 Å². The highest BCUT2D eigenvalue weighted by molar-refractivity contribution is 7.92. The fraction of sp³-hybridized carbons (Fsp3) is 0.750. The van der Waals surface area contributed by atoms with Crippen LogP contribution in [0.25, 0.3) is 0 Å². The van der Waals surface area contributed by atoms with Crippen LogP contribution < -0.4 is 5.32 Å². The lowest BCUT2D eigenvalue weighted by Crippen LogP contribution is -2.39. The van der Waals surface area contributed by atoms with E-state index in [2.05, 4.69) is 10.3 Å². The molecule has 1 aromatic rings. The first-order valence-electron chi connectivity index (χ1n) is 8.54. The summed E-state index contributed by atoms with van der Waals surface area (Å²) in [5.41, 5.74) is 0. The van der Waals surface area contributed by atoms with Crippen LogP contribution in [0, 0.1) is 0 Å². The molecule has 0 aliphatic heterocycles. The summed E-state index contributed by atoms with van der Waals surface area (Å²) in [5.74, 6) is -0.171. The number of hydrogen-bond acceptors (Lipinski definition) is 4. The largest absolute Gasteiger partial charge is 0.351 e. The zero-order valence-electron chi connectivity index (χ0n) is 13.4. The Morgan fingerprint density at radius 2 is 1.96 bits per heavy atom. The van der Waals surface area contributed by atoms with Gasteiger partial charge >= 0.3 is 0 Å². The normalized spacial score (nSPS) is 25.7. The van der Waals surface area contributed by atoms with Crippen LogP contribution >= 0.6 is 0 Å². The lowest BCUT2D eigenvalue weighted by Gasteiger charge is -2.22. The molecule has 2 atom stereocenters. The molecule has 1 amide bonds. The molecule has 2 aliphatic carbocycles. The van der Waals surface area contributed by atoms with Crippen molar-refractivity contribution in [2.45, 2.75) is 68.7 Å². The predicted octanol–water partition coefficient (Wildman–Crippen LogP) is 1.84. The van der Waals surface area contributed by atoms with Gasteiger partial charge in [0.15, 0.2) is 9.84 Å². The zero-order valence-corrected chi connectivity index (χ0v) is 14.2. The van der Waals surface area contributed by atoms with E-state index in [1.807, 2.05) is 10.8 Å². The molecular weight excluding hydrogens is 314 g/mol. The van der Waals surface area contributed by atoms with E-state index in [4.69, 9.17) is 0 Å². The molecule has 1 aromatic heterocycles. The molecule has 7 heteroatoms. The molecule has 2 saturated carbocycles. The van der Waals surface area contributed by atoms with Crippen molar-refractivity contribution in [1.29, 1.82) is 0 Å². The maximum absolute atomic E-state index is 12.2. The van der Waals surface area contributed by atoms with Crippen molar-refractivity contribution in [2.75, 3.05) is 5.75 Å². The number of sulfone groups is 1. The average molecular weight is 339 g/mol. The fourth-order valence-corrected chi connectivity index (χ4v) is 5.71. The summed E-state index contributed by atoms with van der Waals surface area (Å²) >= 11 is 0. The first-order chi connectivity index (χ1) is 11.1. The maximum Gasteiger partial charge on any atom is 0.221 e. The van der Waals surface area contributed by atoms with Gasteiger partial charge in [0.1, 0.15) is 0 Å². The Labute approximate surface area is 137 Å². The third-order valence-corrected chi connectivity index (χ3v) is 7.42. The van der Waals surface area contributed by atoms with E-state index in [0.29, 0.717) is 0 Å². The number of nitrogens with zero attached hydrogens (tertiary/aromatic N) is 2. The minimum atomic E-state index is -3.12. The number of imidazole rings is 1. The van der Waals surface area contributed by atoms with Crippen molar-refractivity contribution in [3.8, 4) is 0 Å². The highest BCUT2D eigenvalue weighted by Crippen LogP contribution is 2.30. The summed E-state index contributed by atoms with van der Waals surface area (Å²) in [5, 5.41) is 2.81. The Hall–Kier alpha value is -1.37.